The SMILES string of the molecule is CCN(CC)c1ccc(-n2nc3cc(C)c(NC(=O)c4ccc(OC)c([N+](=O)[O-])c4)cc3n2)c(C)c1. The second-order valence-electron chi connectivity index (χ2n) is 8.39. The lowest BCUT2D eigenvalue weighted by atomic mass is 10.1. The van der Waals surface area contributed by atoms with E-state index >= 15 is 0 Å². The van der Waals surface area contributed by atoms with Crippen LogP contribution in [0.3, 0.4) is 0 Å². The molecule has 186 valence electrons. The Balaban J connectivity index is 1.63. The van der Waals surface area contributed by atoms with Gasteiger partial charge in [-0.2, -0.15) is 4.80 Å². The van der Waals surface area contributed by atoms with Crippen molar-refractivity contribution in [2.45, 2.75) is 27.7 Å². The molecule has 0 aliphatic heterocycles. The van der Waals surface area contributed by atoms with Crippen molar-refractivity contribution in [2.75, 3.05) is 30.4 Å². The second kappa shape index (κ2) is 10.0. The zero-order chi connectivity index (χ0) is 26.0. The van der Waals surface area contributed by atoms with Gasteiger partial charge in [0.2, 0.25) is 0 Å². The summed E-state index contributed by atoms with van der Waals surface area (Å²) in [5.74, 6) is -0.385. The molecule has 1 N–H and O–H groups in total. The summed E-state index contributed by atoms with van der Waals surface area (Å²) in [5, 5.41) is 23.4. The average molecular weight is 489 g/mol. The van der Waals surface area contributed by atoms with Gasteiger partial charge in [0.1, 0.15) is 11.0 Å². The van der Waals surface area contributed by atoms with Crippen molar-refractivity contribution in [1.82, 2.24) is 15.0 Å². The van der Waals surface area contributed by atoms with Gasteiger partial charge < -0.3 is 15.0 Å². The molecule has 3 aromatic carbocycles. The largest absolute Gasteiger partial charge is 0.490 e. The van der Waals surface area contributed by atoms with Crippen molar-refractivity contribution in [3.05, 3.63) is 75.3 Å². The molecule has 0 aliphatic carbocycles. The molecule has 36 heavy (non-hydrogen) atoms. The number of carbonyl (C=O) groups excluding carboxylic acids is 1. The number of fused-ring (bicyclic) bond motifs is 1. The zero-order valence-corrected chi connectivity index (χ0v) is 20.9. The van der Waals surface area contributed by atoms with E-state index in [1.807, 2.05) is 26.0 Å². The summed E-state index contributed by atoms with van der Waals surface area (Å²) in [4.78, 5) is 27.5. The molecular weight excluding hydrogens is 460 g/mol. The predicted molar refractivity (Wildman–Crippen MR) is 140 cm³/mol. The Bertz CT molecular complexity index is 1460. The van der Waals surface area contributed by atoms with Gasteiger partial charge in [0.15, 0.2) is 5.75 Å². The topological polar surface area (TPSA) is 115 Å². The van der Waals surface area contributed by atoms with E-state index in [1.165, 1.54) is 25.3 Å². The highest BCUT2D eigenvalue weighted by Crippen LogP contribution is 2.29. The number of ether oxygens (including phenoxy) is 1. The molecule has 0 fully saturated rings. The van der Waals surface area contributed by atoms with Crippen molar-refractivity contribution in [2.24, 2.45) is 0 Å². The number of carbonyl (C=O) groups is 1. The molecule has 0 atom stereocenters. The van der Waals surface area contributed by atoms with Crippen LogP contribution in [-0.4, -0.2) is 46.0 Å². The molecule has 0 aliphatic rings. The molecule has 0 radical (unpaired) electrons. The van der Waals surface area contributed by atoms with Crippen molar-refractivity contribution < 1.29 is 14.5 Å². The fourth-order valence-corrected chi connectivity index (χ4v) is 4.13. The van der Waals surface area contributed by atoms with E-state index < -0.39 is 10.8 Å². The van der Waals surface area contributed by atoms with Gasteiger partial charge >= 0.3 is 5.69 Å². The fraction of sp³-hybridized carbons (Fsp3) is 0.269. The molecule has 0 saturated carbocycles. The lowest BCUT2D eigenvalue weighted by molar-refractivity contribution is -0.385. The van der Waals surface area contributed by atoms with Gasteiger partial charge in [-0.3, -0.25) is 14.9 Å². The number of nitro benzene ring substituents is 1. The van der Waals surface area contributed by atoms with Crippen molar-refractivity contribution >= 4 is 34.0 Å². The number of hydrogen-bond acceptors (Lipinski definition) is 7. The lowest BCUT2D eigenvalue weighted by Crippen LogP contribution is -2.21. The Labute approximate surface area is 208 Å². The number of aryl methyl sites for hydroxylation is 2. The highest BCUT2D eigenvalue weighted by molar-refractivity contribution is 6.06. The van der Waals surface area contributed by atoms with Gasteiger partial charge in [0.25, 0.3) is 5.91 Å². The number of nitrogens with one attached hydrogen (secondary N) is 1. The maximum Gasteiger partial charge on any atom is 0.311 e. The number of benzene rings is 3. The summed E-state index contributed by atoms with van der Waals surface area (Å²) < 4.78 is 5.01. The second-order valence-corrected chi connectivity index (χ2v) is 8.39. The summed E-state index contributed by atoms with van der Waals surface area (Å²) in [7, 11) is 1.34. The fourth-order valence-electron chi connectivity index (χ4n) is 4.13. The number of anilines is 2. The first-order chi connectivity index (χ1) is 17.2. The van der Waals surface area contributed by atoms with Crippen molar-refractivity contribution in [3.8, 4) is 11.4 Å². The van der Waals surface area contributed by atoms with Crippen molar-refractivity contribution in [3.63, 3.8) is 0 Å². The third-order valence-corrected chi connectivity index (χ3v) is 6.14. The Morgan fingerprint density at radius 3 is 2.33 bits per heavy atom. The highest BCUT2D eigenvalue weighted by Gasteiger charge is 2.19. The molecule has 10 nitrogen and oxygen atoms in total. The molecule has 4 rings (SSSR count). The van der Waals surface area contributed by atoms with Gasteiger partial charge in [-0.25, -0.2) is 0 Å². The highest BCUT2D eigenvalue weighted by atomic mass is 16.6. The molecule has 4 aromatic rings. The molecule has 1 heterocycles. The summed E-state index contributed by atoms with van der Waals surface area (Å²) in [6, 6.07) is 13.9. The monoisotopic (exact) mass is 488 g/mol. The van der Waals surface area contributed by atoms with Crippen LogP contribution in [0.5, 0.6) is 5.75 Å². The predicted octanol–water partition coefficient (Wildman–Crippen LogP) is 5.05. The van der Waals surface area contributed by atoms with Crippen LogP contribution >= 0.6 is 0 Å². The normalized spacial score (nSPS) is 10.9. The maximum absolute atomic E-state index is 12.9. The minimum absolute atomic E-state index is 0.0891. The van der Waals surface area contributed by atoms with Crippen LogP contribution in [0.25, 0.3) is 16.7 Å². The van der Waals surface area contributed by atoms with Crippen LogP contribution in [-0.2, 0) is 0 Å². The number of rotatable bonds is 8. The molecule has 0 saturated heterocycles. The third-order valence-electron chi connectivity index (χ3n) is 6.14. The minimum Gasteiger partial charge on any atom is -0.490 e. The average Bonchev–Trinajstić information content (AvgIpc) is 3.26. The maximum atomic E-state index is 12.9. The summed E-state index contributed by atoms with van der Waals surface area (Å²) in [6.45, 7) is 10.00. The molecule has 0 bridgehead atoms. The van der Waals surface area contributed by atoms with E-state index in [4.69, 9.17) is 4.74 Å². The van der Waals surface area contributed by atoms with E-state index in [9.17, 15) is 14.9 Å². The van der Waals surface area contributed by atoms with E-state index in [2.05, 4.69) is 46.4 Å². The van der Waals surface area contributed by atoms with Gasteiger partial charge in [0.05, 0.1) is 17.7 Å². The van der Waals surface area contributed by atoms with Gasteiger partial charge in [-0.1, -0.05) is 0 Å². The van der Waals surface area contributed by atoms with E-state index in [-0.39, 0.29) is 17.0 Å². The minimum atomic E-state index is -0.582. The number of amides is 1. The first-order valence-electron chi connectivity index (χ1n) is 11.6. The number of nitrogens with zero attached hydrogens (tertiary/aromatic N) is 5. The molecule has 1 amide bonds. The summed E-state index contributed by atoms with van der Waals surface area (Å²) >= 11 is 0. The Morgan fingerprint density at radius 1 is 1.03 bits per heavy atom. The Morgan fingerprint density at radius 2 is 1.72 bits per heavy atom. The summed E-state index contributed by atoms with van der Waals surface area (Å²) in [5.41, 5.74) is 5.59. The van der Waals surface area contributed by atoms with Crippen molar-refractivity contribution in [1.29, 1.82) is 0 Å². The lowest BCUT2D eigenvalue weighted by Gasteiger charge is -2.22. The van der Waals surface area contributed by atoms with E-state index in [1.54, 1.807) is 10.9 Å². The van der Waals surface area contributed by atoms with Gasteiger partial charge in [-0.15, -0.1) is 10.2 Å². The van der Waals surface area contributed by atoms with E-state index in [0.717, 1.165) is 35.6 Å². The Hall–Kier alpha value is -4.47. The third kappa shape index (κ3) is 4.70. The van der Waals surface area contributed by atoms with Gasteiger partial charge in [0, 0.05) is 36.1 Å². The number of aromatic nitrogens is 3. The van der Waals surface area contributed by atoms with Crippen LogP contribution in [0.1, 0.15) is 35.3 Å². The number of methoxy groups -OCH3 is 1. The van der Waals surface area contributed by atoms with Gasteiger partial charge in [-0.05, 0) is 81.3 Å². The molecule has 10 heteroatoms. The first kappa shape index (κ1) is 24.6. The van der Waals surface area contributed by atoms with Crippen LogP contribution in [0.2, 0.25) is 0 Å². The zero-order valence-electron chi connectivity index (χ0n) is 20.9. The Kier molecular flexibility index (Phi) is 6.86. The van der Waals surface area contributed by atoms with E-state index in [0.29, 0.717) is 16.7 Å². The molecule has 0 unspecified atom stereocenters. The standard InChI is InChI=1S/C26H28N6O4/c1-6-30(7-2)19-9-10-23(17(4)12-19)31-28-21-13-16(3)20(15-22(21)29-31)27-26(33)18-8-11-25(36-5)24(14-18)32(34)35/h8-15H,6-7H2,1-5H3,(H,27,33). The number of nitro groups is 1. The van der Waals surface area contributed by atoms with Crippen LogP contribution in [0.4, 0.5) is 17.1 Å². The summed E-state index contributed by atoms with van der Waals surface area (Å²) in [6.07, 6.45) is 0. The molecule has 0 spiro atoms. The molecular formula is C26H28N6O4. The first-order valence-corrected chi connectivity index (χ1v) is 11.6. The molecule has 1 aromatic heterocycles. The smallest absolute Gasteiger partial charge is 0.311 e. The van der Waals surface area contributed by atoms with Crippen LogP contribution < -0.4 is 15.0 Å². The van der Waals surface area contributed by atoms with Crippen LogP contribution in [0, 0.1) is 24.0 Å². The number of hydrogen-bond donors (Lipinski definition) is 1. The van der Waals surface area contributed by atoms with Crippen LogP contribution in [0.15, 0.2) is 48.5 Å². The quantitative estimate of drug-likeness (QED) is 0.272.